The molecule has 0 fully saturated rings. The van der Waals surface area contributed by atoms with Crippen molar-refractivity contribution >= 4 is 6.16 Å². The first-order chi connectivity index (χ1) is 9.55. The number of ether oxygens (including phenoxy) is 2. The van der Waals surface area contributed by atoms with Crippen molar-refractivity contribution < 1.29 is 29.2 Å². The van der Waals surface area contributed by atoms with Gasteiger partial charge >= 0.3 is 12.4 Å². The average molecular weight is 307 g/mol. The standard InChI is InChI=1S/C12H25N3O6/c1-9(2)7-14(6)15(18)13-21-10(8-16)19-11(17)20-12(3,4)5/h9-10,16H,7-8H2,1-6H3. The third-order valence-electron chi connectivity index (χ3n) is 1.92. The monoisotopic (exact) mass is 307 g/mol. The molecule has 0 radical (unpaired) electrons. The molecular weight excluding hydrogens is 282 g/mol. The predicted molar refractivity (Wildman–Crippen MR) is 72.8 cm³/mol. The third-order valence-corrected chi connectivity index (χ3v) is 1.92. The van der Waals surface area contributed by atoms with Crippen molar-refractivity contribution in [2.75, 3.05) is 20.2 Å². The van der Waals surface area contributed by atoms with Gasteiger partial charge in [0.2, 0.25) is 5.28 Å². The Labute approximate surface area is 124 Å². The van der Waals surface area contributed by atoms with Crippen LogP contribution in [0.1, 0.15) is 34.6 Å². The van der Waals surface area contributed by atoms with Crippen LogP contribution >= 0.6 is 0 Å². The quantitative estimate of drug-likeness (QED) is 0.250. The van der Waals surface area contributed by atoms with E-state index in [0.717, 1.165) is 0 Å². The minimum atomic E-state index is -1.41. The Bertz CT molecular complexity index is 353. The Hall–Kier alpha value is -1.77. The Morgan fingerprint density at radius 3 is 2.43 bits per heavy atom. The van der Waals surface area contributed by atoms with Crippen molar-refractivity contribution in [3.63, 3.8) is 0 Å². The SMILES string of the molecule is CC(C)CN(C)[N+]([O-])=NOC(CO)OC(=O)OC(C)(C)C. The molecule has 124 valence electrons. The molecule has 0 saturated heterocycles. The predicted octanol–water partition coefficient (Wildman–Crippen LogP) is 1.65. The molecule has 0 heterocycles. The number of carbonyl (C=O) groups is 1. The van der Waals surface area contributed by atoms with Gasteiger partial charge in [0.1, 0.15) is 12.2 Å². The molecule has 0 aliphatic rings. The molecule has 0 aliphatic heterocycles. The Morgan fingerprint density at radius 1 is 1.43 bits per heavy atom. The first-order valence-corrected chi connectivity index (χ1v) is 6.60. The van der Waals surface area contributed by atoms with Gasteiger partial charge < -0.3 is 19.8 Å². The molecule has 0 aromatic rings. The van der Waals surface area contributed by atoms with Crippen LogP contribution in [-0.2, 0) is 14.3 Å². The lowest BCUT2D eigenvalue weighted by Crippen LogP contribution is -2.32. The van der Waals surface area contributed by atoms with Gasteiger partial charge in [-0.25, -0.2) is 4.79 Å². The van der Waals surface area contributed by atoms with Gasteiger partial charge in [0.25, 0.3) is 0 Å². The second-order valence-corrected chi connectivity index (χ2v) is 5.87. The zero-order valence-electron chi connectivity index (χ0n) is 13.4. The maximum Gasteiger partial charge on any atom is 0.512 e. The molecule has 0 amide bonds. The highest BCUT2D eigenvalue weighted by atomic mass is 16.8. The lowest BCUT2D eigenvalue weighted by Gasteiger charge is -2.20. The number of hydrogen-bond acceptors (Lipinski definition) is 7. The molecule has 0 rings (SSSR count). The molecule has 1 atom stereocenters. The summed E-state index contributed by atoms with van der Waals surface area (Å²) in [6.07, 6.45) is -2.44. The first-order valence-electron chi connectivity index (χ1n) is 6.60. The fourth-order valence-corrected chi connectivity index (χ4v) is 1.23. The second-order valence-electron chi connectivity index (χ2n) is 5.87. The van der Waals surface area contributed by atoms with Crippen LogP contribution in [0.25, 0.3) is 0 Å². The summed E-state index contributed by atoms with van der Waals surface area (Å²) in [5.41, 5.74) is -0.740. The molecule has 9 heteroatoms. The van der Waals surface area contributed by atoms with Crippen LogP contribution in [0, 0.1) is 11.1 Å². The van der Waals surface area contributed by atoms with Gasteiger partial charge in [-0.3, -0.25) is 4.84 Å². The Kier molecular flexibility index (Phi) is 7.79. The van der Waals surface area contributed by atoms with E-state index in [1.165, 1.54) is 12.1 Å². The summed E-state index contributed by atoms with van der Waals surface area (Å²) in [4.78, 5) is 16.2. The van der Waals surface area contributed by atoms with Gasteiger partial charge in [-0.15, -0.1) is 5.01 Å². The summed E-state index contributed by atoms with van der Waals surface area (Å²) in [5, 5.41) is 25.0. The fraction of sp³-hybridized carbons (Fsp3) is 0.917. The van der Waals surface area contributed by atoms with Gasteiger partial charge in [-0.05, 0) is 26.7 Å². The van der Waals surface area contributed by atoms with Crippen LogP contribution in [-0.4, -0.2) is 53.3 Å². The normalized spacial score (nSPS) is 13.8. The maximum atomic E-state index is 11.5. The highest BCUT2D eigenvalue weighted by Gasteiger charge is 2.23. The van der Waals surface area contributed by atoms with Crippen molar-refractivity contribution in [3.8, 4) is 0 Å². The zero-order chi connectivity index (χ0) is 16.6. The van der Waals surface area contributed by atoms with Crippen molar-refractivity contribution in [1.29, 1.82) is 0 Å². The maximum absolute atomic E-state index is 11.5. The number of nitrogens with zero attached hydrogens (tertiary/aromatic N) is 3. The van der Waals surface area contributed by atoms with Crippen LogP contribution < -0.4 is 0 Å². The molecular formula is C12H25N3O6. The summed E-state index contributed by atoms with van der Waals surface area (Å²) in [5.74, 6) is 0.258. The molecule has 1 N–H and O–H groups in total. The van der Waals surface area contributed by atoms with Crippen molar-refractivity contribution in [2.45, 2.75) is 46.5 Å². The summed E-state index contributed by atoms with van der Waals surface area (Å²) < 4.78 is 9.56. The van der Waals surface area contributed by atoms with E-state index in [0.29, 0.717) is 6.54 Å². The van der Waals surface area contributed by atoms with E-state index in [2.05, 4.69) is 14.9 Å². The minimum Gasteiger partial charge on any atom is -0.569 e. The molecule has 9 nitrogen and oxygen atoms in total. The number of aliphatic hydroxyl groups excluding tert-OH is 1. The molecule has 0 spiro atoms. The van der Waals surface area contributed by atoms with E-state index in [1.54, 1.807) is 20.8 Å². The fourth-order valence-electron chi connectivity index (χ4n) is 1.23. The zero-order valence-corrected chi connectivity index (χ0v) is 13.4. The highest BCUT2D eigenvalue weighted by molar-refractivity contribution is 5.60. The summed E-state index contributed by atoms with van der Waals surface area (Å²) >= 11 is 0. The minimum absolute atomic E-state index is 0.209. The number of hydrogen-bond donors (Lipinski definition) is 1. The summed E-state index contributed by atoms with van der Waals surface area (Å²) in [7, 11) is 1.53. The second kappa shape index (κ2) is 8.50. The molecule has 0 saturated carbocycles. The van der Waals surface area contributed by atoms with Crippen LogP contribution in [0.5, 0.6) is 0 Å². The molecule has 0 aliphatic carbocycles. The topological polar surface area (TPSA) is 107 Å². The number of rotatable bonds is 7. The van der Waals surface area contributed by atoms with Crippen molar-refractivity contribution in [3.05, 3.63) is 5.21 Å². The molecule has 0 bridgehead atoms. The van der Waals surface area contributed by atoms with E-state index in [-0.39, 0.29) is 10.9 Å². The molecule has 21 heavy (non-hydrogen) atoms. The van der Waals surface area contributed by atoms with E-state index >= 15 is 0 Å². The summed E-state index contributed by atoms with van der Waals surface area (Å²) in [6.45, 7) is 8.66. The average Bonchev–Trinajstić information content (AvgIpc) is 2.30. The Balaban J connectivity index is 4.40. The van der Waals surface area contributed by atoms with E-state index in [4.69, 9.17) is 9.84 Å². The smallest absolute Gasteiger partial charge is 0.512 e. The van der Waals surface area contributed by atoms with Gasteiger partial charge in [-0.2, -0.15) is 0 Å². The lowest BCUT2D eigenvalue weighted by molar-refractivity contribution is -0.708. The van der Waals surface area contributed by atoms with Crippen LogP contribution in [0.2, 0.25) is 0 Å². The highest BCUT2D eigenvalue weighted by Crippen LogP contribution is 2.10. The van der Waals surface area contributed by atoms with Crippen LogP contribution in [0.3, 0.4) is 0 Å². The summed E-state index contributed by atoms with van der Waals surface area (Å²) in [6, 6.07) is 0. The number of aliphatic hydroxyl groups is 1. The van der Waals surface area contributed by atoms with E-state index < -0.39 is 24.7 Å². The van der Waals surface area contributed by atoms with Crippen molar-refractivity contribution in [1.82, 2.24) is 5.01 Å². The first kappa shape index (κ1) is 19.2. The van der Waals surface area contributed by atoms with Crippen molar-refractivity contribution in [2.24, 2.45) is 11.2 Å². The molecule has 1 unspecified atom stereocenters. The Morgan fingerprint density at radius 2 is 2.00 bits per heavy atom. The molecule has 0 aromatic carbocycles. The number of carbonyl (C=O) groups excluding carboxylic acids is 1. The molecule has 0 aromatic heterocycles. The van der Waals surface area contributed by atoms with Crippen LogP contribution in [0.4, 0.5) is 4.79 Å². The van der Waals surface area contributed by atoms with Gasteiger partial charge in [0.15, 0.2) is 0 Å². The third kappa shape index (κ3) is 9.72. The van der Waals surface area contributed by atoms with E-state index in [1.807, 2.05) is 13.8 Å². The van der Waals surface area contributed by atoms with Gasteiger partial charge in [0.05, 0.1) is 18.6 Å². The van der Waals surface area contributed by atoms with Gasteiger partial charge in [-0.1, -0.05) is 13.8 Å². The number of hydrazine groups is 1. The van der Waals surface area contributed by atoms with E-state index in [9.17, 15) is 10.0 Å². The lowest BCUT2D eigenvalue weighted by atomic mass is 10.2. The van der Waals surface area contributed by atoms with Gasteiger partial charge in [0, 0.05) is 0 Å². The largest absolute Gasteiger partial charge is 0.569 e. The van der Waals surface area contributed by atoms with Crippen LogP contribution in [0.15, 0.2) is 5.28 Å².